The smallest absolute Gasteiger partial charge is 0.305 e. The van der Waals surface area contributed by atoms with Crippen molar-refractivity contribution in [2.45, 2.75) is 154 Å². The summed E-state index contributed by atoms with van der Waals surface area (Å²) in [6, 6.07) is 8.40. The van der Waals surface area contributed by atoms with E-state index < -0.39 is 0 Å². The number of unbranched alkanes of at least 4 members (excludes halogenated alkanes) is 5. The molecular formula is C44H68O10S. The van der Waals surface area contributed by atoms with E-state index in [1.165, 1.54) is 19.3 Å². The maximum absolute atomic E-state index is 13.5. The van der Waals surface area contributed by atoms with Crippen molar-refractivity contribution in [1.82, 2.24) is 0 Å². The number of ketones is 1. The highest BCUT2D eigenvalue weighted by molar-refractivity contribution is 7.99. The molecular weight excluding hydrogens is 721 g/mol. The first-order valence-electron chi connectivity index (χ1n) is 21.2. The van der Waals surface area contributed by atoms with Crippen LogP contribution in [0.3, 0.4) is 0 Å². The number of ether oxygens (including phenoxy) is 7. The Balaban J connectivity index is 1.24. The number of Topliss-reactive ketones (excluding diaryl/α,β-unsaturated/α-hetero) is 1. The molecule has 1 saturated carbocycles. The number of carbonyl (C=O) groups is 3. The lowest BCUT2D eigenvalue weighted by Gasteiger charge is -2.29. The van der Waals surface area contributed by atoms with Crippen molar-refractivity contribution in [1.29, 1.82) is 0 Å². The highest BCUT2D eigenvalue weighted by atomic mass is 32.2. The Hall–Kier alpha value is -2.28. The molecule has 310 valence electrons. The van der Waals surface area contributed by atoms with E-state index in [1.807, 2.05) is 0 Å². The topological polar surface area (TPSA) is 116 Å². The second kappa shape index (κ2) is 27.4. The van der Waals surface area contributed by atoms with Crippen molar-refractivity contribution < 1.29 is 47.5 Å². The van der Waals surface area contributed by atoms with Gasteiger partial charge in [-0.15, -0.1) is 0 Å². The Morgan fingerprint density at radius 2 is 1.56 bits per heavy atom. The van der Waals surface area contributed by atoms with Gasteiger partial charge in [0.05, 0.1) is 18.8 Å². The summed E-state index contributed by atoms with van der Waals surface area (Å²) in [5.74, 6) is 1.06. The first-order valence-corrected chi connectivity index (χ1v) is 22.3. The zero-order valence-electron chi connectivity index (χ0n) is 33.6. The standard InChI is InChI=1S/C44H68O10S/c1-3-4-5-6-7-8-17-41(46)49-26-27-50-42(47)18-14-28-55-29-23-37-38(40(32-39(37)45)54-44-20-10-12-25-52-44)22-21-36(53-43-19-9-11-24-51-43)31-34-15-13-16-35(30-34)33-48-2/h13,15-16,21-22,30,36-38,40,43-44H,3-12,14,17-20,23-29,31-33H2,1-2H3/b22-21+/t36-,37-,38-,40-,43?,44?/m1/s1. The van der Waals surface area contributed by atoms with Gasteiger partial charge in [0.2, 0.25) is 0 Å². The van der Waals surface area contributed by atoms with Crippen molar-refractivity contribution in [3.8, 4) is 0 Å². The third-order valence-electron chi connectivity index (χ3n) is 10.5. The minimum absolute atomic E-state index is 0.0851. The Kier molecular flexibility index (Phi) is 22.6. The van der Waals surface area contributed by atoms with E-state index in [9.17, 15) is 14.4 Å². The van der Waals surface area contributed by atoms with Gasteiger partial charge in [-0.2, -0.15) is 11.8 Å². The van der Waals surface area contributed by atoms with Crippen LogP contribution in [0.4, 0.5) is 0 Å². The first-order chi connectivity index (χ1) is 26.9. The molecule has 0 bridgehead atoms. The summed E-state index contributed by atoms with van der Waals surface area (Å²) >= 11 is 1.75. The molecule has 2 saturated heterocycles. The monoisotopic (exact) mass is 788 g/mol. The number of hydrogen-bond donors (Lipinski definition) is 0. The molecule has 0 radical (unpaired) electrons. The number of thioether (sulfide) groups is 1. The van der Waals surface area contributed by atoms with Gasteiger partial charge in [0, 0.05) is 57.8 Å². The molecule has 4 rings (SSSR count). The molecule has 0 amide bonds. The first kappa shape index (κ1) is 45.4. The van der Waals surface area contributed by atoms with Gasteiger partial charge in [-0.1, -0.05) is 75.4 Å². The van der Waals surface area contributed by atoms with Gasteiger partial charge in [-0.25, -0.2) is 0 Å². The van der Waals surface area contributed by atoms with Gasteiger partial charge in [-0.05, 0) is 80.4 Å². The second-order valence-corrected chi connectivity index (χ2v) is 16.3. The largest absolute Gasteiger partial charge is 0.462 e. The molecule has 1 aromatic carbocycles. The van der Waals surface area contributed by atoms with Crippen LogP contribution in [0.25, 0.3) is 0 Å². The lowest BCUT2D eigenvalue weighted by Crippen LogP contribution is -2.31. The van der Waals surface area contributed by atoms with E-state index in [1.54, 1.807) is 18.9 Å². The summed E-state index contributed by atoms with van der Waals surface area (Å²) in [5.41, 5.74) is 2.27. The molecule has 3 aliphatic rings. The summed E-state index contributed by atoms with van der Waals surface area (Å²) in [7, 11) is 1.70. The van der Waals surface area contributed by atoms with Gasteiger partial charge in [0.25, 0.3) is 0 Å². The fourth-order valence-electron chi connectivity index (χ4n) is 7.53. The molecule has 55 heavy (non-hydrogen) atoms. The van der Waals surface area contributed by atoms with E-state index in [-0.39, 0.29) is 67.6 Å². The Morgan fingerprint density at radius 1 is 0.873 bits per heavy atom. The van der Waals surface area contributed by atoms with Crippen LogP contribution in [0.15, 0.2) is 36.4 Å². The van der Waals surface area contributed by atoms with Crippen molar-refractivity contribution in [3.05, 3.63) is 47.5 Å². The quantitative estimate of drug-likeness (QED) is 0.0485. The van der Waals surface area contributed by atoms with E-state index in [0.29, 0.717) is 51.9 Å². The third kappa shape index (κ3) is 18.2. The van der Waals surface area contributed by atoms with Crippen LogP contribution >= 0.6 is 11.8 Å². The van der Waals surface area contributed by atoms with Crippen LogP contribution in [0, 0.1) is 11.8 Å². The van der Waals surface area contributed by atoms with Gasteiger partial charge in [0.15, 0.2) is 12.6 Å². The molecule has 1 aromatic rings. The number of benzene rings is 1. The third-order valence-corrected chi connectivity index (χ3v) is 11.6. The summed E-state index contributed by atoms with van der Waals surface area (Å²) in [6.07, 6.45) is 19.1. The molecule has 0 spiro atoms. The molecule has 2 unspecified atom stereocenters. The van der Waals surface area contributed by atoms with Gasteiger partial charge in [0.1, 0.15) is 19.0 Å². The minimum atomic E-state index is -0.283. The van der Waals surface area contributed by atoms with Gasteiger partial charge in [-0.3, -0.25) is 14.4 Å². The highest BCUT2D eigenvalue weighted by Gasteiger charge is 2.42. The molecule has 6 atom stereocenters. The highest BCUT2D eigenvalue weighted by Crippen LogP contribution is 2.37. The molecule has 0 aromatic heterocycles. The van der Waals surface area contributed by atoms with Crippen molar-refractivity contribution >= 4 is 29.5 Å². The van der Waals surface area contributed by atoms with E-state index in [2.05, 4.69) is 43.3 Å². The maximum atomic E-state index is 13.5. The molecule has 0 N–H and O–H groups in total. The van der Waals surface area contributed by atoms with E-state index >= 15 is 0 Å². The van der Waals surface area contributed by atoms with Crippen molar-refractivity contribution in [3.63, 3.8) is 0 Å². The average molecular weight is 789 g/mol. The number of carbonyl (C=O) groups excluding carboxylic acids is 3. The van der Waals surface area contributed by atoms with Gasteiger partial charge < -0.3 is 33.2 Å². The predicted molar refractivity (Wildman–Crippen MR) is 215 cm³/mol. The summed E-state index contributed by atoms with van der Waals surface area (Å²) in [4.78, 5) is 37.7. The number of esters is 2. The minimum Gasteiger partial charge on any atom is -0.462 e. The van der Waals surface area contributed by atoms with Crippen LogP contribution in [0.1, 0.15) is 127 Å². The average Bonchev–Trinajstić information content (AvgIpc) is 3.48. The summed E-state index contributed by atoms with van der Waals surface area (Å²) < 4.78 is 40.8. The predicted octanol–water partition coefficient (Wildman–Crippen LogP) is 8.70. The van der Waals surface area contributed by atoms with Crippen molar-refractivity contribution in [2.75, 3.05) is 45.0 Å². The lowest BCUT2D eigenvalue weighted by molar-refractivity contribution is -0.192. The number of methoxy groups -OCH3 is 1. The Bertz CT molecular complexity index is 1260. The zero-order valence-corrected chi connectivity index (χ0v) is 34.4. The van der Waals surface area contributed by atoms with Crippen molar-refractivity contribution in [2.24, 2.45) is 11.8 Å². The molecule has 1 aliphatic carbocycles. The normalized spacial score (nSPS) is 23.6. The molecule has 11 heteroatoms. The van der Waals surface area contributed by atoms with E-state index in [0.717, 1.165) is 86.8 Å². The van der Waals surface area contributed by atoms with Gasteiger partial charge >= 0.3 is 11.9 Å². The van der Waals surface area contributed by atoms with Crippen LogP contribution in [-0.2, 0) is 60.6 Å². The Morgan fingerprint density at radius 3 is 2.27 bits per heavy atom. The lowest BCUT2D eigenvalue weighted by atomic mass is 9.90. The molecule has 10 nitrogen and oxygen atoms in total. The fourth-order valence-corrected chi connectivity index (χ4v) is 8.50. The van der Waals surface area contributed by atoms with Crippen LogP contribution in [0.5, 0.6) is 0 Å². The van der Waals surface area contributed by atoms with Crippen LogP contribution in [0.2, 0.25) is 0 Å². The summed E-state index contributed by atoms with van der Waals surface area (Å²) in [6.45, 7) is 4.31. The molecule has 2 aliphatic heterocycles. The van der Waals surface area contributed by atoms with E-state index in [4.69, 9.17) is 33.2 Å². The molecule has 3 fully saturated rings. The zero-order chi connectivity index (χ0) is 38.9. The SMILES string of the molecule is CCCCCCCCC(=O)OCCOC(=O)CCCSCC[C@H]1C(=O)C[C@@H](OC2CCCCO2)[C@@H]1/C=C/[C@H](Cc1cccc(COC)c1)OC1CCCCO1. The van der Waals surface area contributed by atoms with Crippen LogP contribution in [-0.4, -0.2) is 87.6 Å². The molecule has 2 heterocycles. The number of rotatable bonds is 27. The fraction of sp³-hybridized carbons (Fsp3) is 0.750. The van der Waals surface area contributed by atoms with Crippen LogP contribution < -0.4 is 0 Å². The number of hydrogen-bond acceptors (Lipinski definition) is 11. The Labute approximate surface area is 334 Å². The second-order valence-electron chi connectivity index (χ2n) is 15.1. The summed E-state index contributed by atoms with van der Waals surface area (Å²) in [5, 5.41) is 0. The maximum Gasteiger partial charge on any atom is 0.305 e.